The minimum atomic E-state index is -1.46. The van der Waals surface area contributed by atoms with Gasteiger partial charge in [0.25, 0.3) is 6.16 Å². The van der Waals surface area contributed by atoms with E-state index in [1.807, 2.05) is 0 Å². The molecule has 0 aromatic heterocycles. The fourth-order valence-corrected chi connectivity index (χ4v) is 1.64. The predicted molar refractivity (Wildman–Crippen MR) is 64.4 cm³/mol. The number of carbonyl (C=O) groups excluding carboxylic acids is 1. The van der Waals surface area contributed by atoms with Crippen molar-refractivity contribution >= 4 is 6.16 Å². The van der Waals surface area contributed by atoms with Gasteiger partial charge in [-0.15, -0.1) is 0 Å². The summed E-state index contributed by atoms with van der Waals surface area (Å²) in [5, 5.41) is 12.5. The first kappa shape index (κ1) is 13.6. The maximum absolute atomic E-state index is 9.48. The van der Waals surface area contributed by atoms with Crippen molar-refractivity contribution in [2.45, 2.75) is 46.1 Å². The van der Waals surface area contributed by atoms with Crippen LogP contribution in [-0.4, -0.2) is 12.3 Å². The summed E-state index contributed by atoms with van der Waals surface area (Å²) in [7, 11) is 0. The molecular weight excluding hydrogens is 216 g/mol. The number of carbonyl (C=O) groups is 1. The van der Waals surface area contributed by atoms with E-state index in [0.717, 1.165) is 5.92 Å². The van der Waals surface area contributed by atoms with Crippen molar-refractivity contribution in [1.82, 2.24) is 0 Å². The van der Waals surface area contributed by atoms with Crippen molar-refractivity contribution in [3.05, 3.63) is 34.2 Å². The zero-order valence-electron chi connectivity index (χ0n) is 10.8. The number of hydrogen-bond donors (Lipinski definition) is 0. The lowest BCUT2D eigenvalue weighted by Gasteiger charge is -2.16. The van der Waals surface area contributed by atoms with Crippen LogP contribution in [0.5, 0.6) is 0 Å². The lowest BCUT2D eigenvalue weighted by atomic mass is 9.89. The Labute approximate surface area is 102 Å². The van der Waals surface area contributed by atoms with Crippen LogP contribution >= 0.6 is 0 Å². The summed E-state index contributed by atoms with van der Waals surface area (Å²) >= 11 is 0. The van der Waals surface area contributed by atoms with Gasteiger partial charge >= 0.3 is 0 Å². The number of ether oxygens (including phenoxy) is 1. The molecule has 1 unspecified atom stereocenters. The Bertz CT molecular complexity index is 477. The van der Waals surface area contributed by atoms with Crippen molar-refractivity contribution in [3.63, 3.8) is 0 Å². The molecule has 94 valence electrons. The van der Waals surface area contributed by atoms with Crippen molar-refractivity contribution in [2.24, 2.45) is 0 Å². The van der Waals surface area contributed by atoms with Gasteiger partial charge in [0, 0.05) is 6.10 Å². The van der Waals surface area contributed by atoms with Gasteiger partial charge in [-0.2, -0.15) is 0 Å². The van der Waals surface area contributed by atoms with Gasteiger partial charge in [0.15, 0.2) is 0 Å². The smallest absolute Gasteiger partial charge is 0.252 e. The molecule has 0 spiro atoms. The highest BCUT2D eigenvalue weighted by Crippen LogP contribution is 2.26. The Kier molecular flexibility index (Phi) is 4.55. The molecule has 0 saturated carbocycles. The van der Waals surface area contributed by atoms with Crippen LogP contribution in [0, 0.1) is 10.4 Å². The summed E-state index contributed by atoms with van der Waals surface area (Å²) in [6, 6.07) is 6.71. The van der Waals surface area contributed by atoms with Gasteiger partial charge in [-0.05, 0) is 42.2 Å². The highest BCUT2D eigenvalue weighted by atomic mass is 16.7. The monoisotopic (exact) mass is 235 g/mol. The summed E-state index contributed by atoms with van der Waals surface area (Å²) in [6.07, 6.45) is -0.490. The third-order valence-corrected chi connectivity index (χ3v) is 2.84. The molecule has 0 aliphatic heterocycles. The average Bonchev–Trinajstić information content (AvgIpc) is 2.20. The third-order valence-electron chi connectivity index (χ3n) is 2.84. The molecule has 0 radical (unpaired) electrons. The molecule has 0 amide bonds. The molecule has 0 bridgehead atoms. The summed E-state index contributed by atoms with van der Waals surface area (Å²) in [5.74, 6) is 0.767. The summed E-state index contributed by atoms with van der Waals surface area (Å²) in [5.41, 5.74) is 1.57. The second-order valence-electron chi connectivity index (χ2n) is 4.53. The number of hydrogen-bond acceptors (Lipinski definition) is 3. The zero-order valence-corrected chi connectivity index (χ0v) is 10.8. The van der Waals surface area contributed by atoms with E-state index in [1.54, 1.807) is 19.4 Å². The highest BCUT2D eigenvalue weighted by molar-refractivity contribution is 5.54. The normalized spacial score (nSPS) is 12.5. The molecule has 3 nitrogen and oxygen atoms in total. The number of carboxylic acid groups (broad SMARTS) is 1. The minimum absolute atomic E-state index is 0.287. The van der Waals surface area contributed by atoms with Crippen molar-refractivity contribution < 1.29 is 14.6 Å². The van der Waals surface area contributed by atoms with Crippen LogP contribution in [0.4, 0.5) is 4.79 Å². The van der Waals surface area contributed by atoms with Crippen LogP contribution in [0.1, 0.15) is 45.6 Å². The summed E-state index contributed by atoms with van der Waals surface area (Å²) < 4.78 is 4.06. The van der Waals surface area contributed by atoms with Gasteiger partial charge in [-0.1, -0.05) is 32.0 Å². The van der Waals surface area contributed by atoms with E-state index >= 15 is 0 Å². The van der Waals surface area contributed by atoms with Crippen molar-refractivity contribution in [3.8, 4) is 0 Å². The van der Waals surface area contributed by atoms with Gasteiger partial charge in [0.2, 0.25) is 0 Å². The maximum Gasteiger partial charge on any atom is 0.252 e. The molecule has 17 heavy (non-hydrogen) atoms. The lowest BCUT2D eigenvalue weighted by Crippen LogP contribution is -2.26. The average molecular weight is 235 g/mol. The Morgan fingerprint density at radius 2 is 2.00 bits per heavy atom. The second kappa shape index (κ2) is 5.71. The van der Waals surface area contributed by atoms with E-state index in [4.69, 9.17) is 0 Å². The largest absolute Gasteiger partial charge is 0.547 e. The predicted octanol–water partition coefficient (Wildman–Crippen LogP) is 2.56. The van der Waals surface area contributed by atoms with E-state index in [2.05, 4.69) is 36.8 Å². The third kappa shape index (κ3) is 3.48. The Hall–Kier alpha value is -1.51. The molecule has 2 rings (SSSR count). The fourth-order valence-electron chi connectivity index (χ4n) is 1.64. The second-order valence-corrected chi connectivity index (χ2v) is 4.53. The topological polar surface area (TPSA) is 49.4 Å². The molecule has 1 atom stereocenters. The van der Waals surface area contributed by atoms with Crippen LogP contribution in [0.15, 0.2) is 18.2 Å². The van der Waals surface area contributed by atoms with Crippen LogP contribution in [0.25, 0.3) is 0 Å². The van der Waals surface area contributed by atoms with E-state index in [1.165, 1.54) is 16.9 Å². The Morgan fingerprint density at radius 1 is 1.35 bits per heavy atom. The van der Waals surface area contributed by atoms with Gasteiger partial charge in [0.1, 0.15) is 0 Å². The standard InChI is InChI=1S/C10H12.C4H8O3/c1-3-7(2)10-6-8-4-5-9(8)10;1-3(2)7-4(5)6/h4-7H,3H2,1-2H3;3H,1-2H3,(H,5,6)/p-1. The molecule has 0 saturated heterocycles. The SMILES string of the molecule is CC(C)OC(=O)[O-].CCC(C)c1cc2ccc1=2. The van der Waals surface area contributed by atoms with E-state index < -0.39 is 6.16 Å². The van der Waals surface area contributed by atoms with E-state index in [-0.39, 0.29) is 6.10 Å². The van der Waals surface area contributed by atoms with Crippen molar-refractivity contribution in [2.75, 3.05) is 0 Å². The lowest BCUT2D eigenvalue weighted by molar-refractivity contribution is -0.286. The van der Waals surface area contributed by atoms with Crippen LogP contribution in [0.2, 0.25) is 0 Å². The first-order valence-corrected chi connectivity index (χ1v) is 5.97. The minimum Gasteiger partial charge on any atom is -0.547 e. The molecule has 0 aromatic rings. The Morgan fingerprint density at radius 3 is 2.18 bits per heavy atom. The first-order chi connectivity index (χ1) is 7.95. The molecule has 2 aliphatic carbocycles. The van der Waals surface area contributed by atoms with Crippen LogP contribution in [0.3, 0.4) is 0 Å². The van der Waals surface area contributed by atoms with Gasteiger partial charge in [0.05, 0.1) is 0 Å². The van der Waals surface area contributed by atoms with Crippen molar-refractivity contribution in [1.29, 1.82) is 0 Å². The zero-order chi connectivity index (χ0) is 13.0. The molecule has 3 heteroatoms. The molecule has 0 heterocycles. The quantitative estimate of drug-likeness (QED) is 0.768. The maximum atomic E-state index is 9.48. The summed E-state index contributed by atoms with van der Waals surface area (Å²) in [4.78, 5) is 9.48. The van der Waals surface area contributed by atoms with Crippen LogP contribution in [-0.2, 0) is 4.74 Å². The van der Waals surface area contributed by atoms with Crippen LogP contribution < -0.4 is 5.11 Å². The van der Waals surface area contributed by atoms with Gasteiger partial charge in [-0.3, -0.25) is 0 Å². The Balaban J connectivity index is 0.000000185. The number of benzene rings is 1. The summed E-state index contributed by atoms with van der Waals surface area (Å²) in [6.45, 7) is 7.78. The molecule has 2 aliphatic rings. The molecule has 0 aromatic carbocycles. The molecular formula is C14H19O3-. The first-order valence-electron chi connectivity index (χ1n) is 5.97. The van der Waals surface area contributed by atoms with E-state index in [9.17, 15) is 9.90 Å². The molecule has 0 fully saturated rings. The van der Waals surface area contributed by atoms with Gasteiger partial charge < -0.3 is 14.6 Å². The highest BCUT2D eigenvalue weighted by Gasteiger charge is 2.10. The van der Waals surface area contributed by atoms with E-state index in [0.29, 0.717) is 0 Å². The van der Waals surface area contributed by atoms with Gasteiger partial charge in [-0.25, -0.2) is 0 Å². The fraction of sp³-hybridized carbons (Fsp3) is 0.500. The molecule has 0 N–H and O–H groups in total. The number of rotatable bonds is 3.